The number of rotatable bonds is 6. The largest absolute Gasteiger partial charge is 0.359 e. The number of hydrogen-bond acceptors (Lipinski definition) is 2. The average Bonchev–Trinajstić information content (AvgIpc) is 3.30. The Labute approximate surface area is 170 Å². The molecule has 0 spiro atoms. The van der Waals surface area contributed by atoms with Gasteiger partial charge in [-0.15, -0.1) is 11.3 Å². The number of halogens is 1. The Morgan fingerprint density at radius 2 is 1.93 bits per heavy atom. The third-order valence-corrected chi connectivity index (χ3v) is 7.53. The molecule has 4 rings (SSSR count). The van der Waals surface area contributed by atoms with E-state index in [1.807, 2.05) is 18.2 Å². The van der Waals surface area contributed by atoms with Gasteiger partial charge in [-0.05, 0) is 42.0 Å². The zero-order valence-corrected chi connectivity index (χ0v) is 17.8. The van der Waals surface area contributed by atoms with E-state index < -0.39 is 11.0 Å². The summed E-state index contributed by atoms with van der Waals surface area (Å²) in [6, 6.07) is 13.4. The molecule has 3 nitrogen and oxygen atoms in total. The maximum absolute atomic E-state index is 14.3. The molecule has 0 bridgehead atoms. The molecule has 2 N–H and O–H groups in total. The summed E-state index contributed by atoms with van der Waals surface area (Å²) in [4.78, 5) is 4.56. The van der Waals surface area contributed by atoms with E-state index in [1.165, 1.54) is 16.5 Å². The lowest BCUT2D eigenvalue weighted by atomic mass is 9.74. The van der Waals surface area contributed by atoms with Crippen LogP contribution in [0.25, 0.3) is 21.0 Å². The van der Waals surface area contributed by atoms with Crippen LogP contribution >= 0.6 is 11.3 Å². The highest BCUT2D eigenvalue weighted by Gasteiger charge is 2.35. The number of H-pyrrole nitrogens is 1. The minimum atomic E-state index is -1.15. The van der Waals surface area contributed by atoms with E-state index in [4.69, 9.17) is 0 Å². The quantitative estimate of drug-likeness (QED) is 0.380. The molecule has 146 valence electrons. The molecule has 0 aliphatic heterocycles. The standard InChI is InChI=1S/C22H23FN2OS2/c1-4-22(5-2,19-12-14-8-6-10-17(23)21(14)27-19)16-13-24-20-15(16)9-7-11-18(20)25-28(3)26/h6-13,24-25H,4-5H2,1-3H3. The van der Waals surface area contributed by atoms with E-state index in [2.05, 4.69) is 41.9 Å². The minimum absolute atomic E-state index is 0.161. The Bertz CT molecular complexity index is 1170. The summed E-state index contributed by atoms with van der Waals surface area (Å²) >= 11 is 1.55. The minimum Gasteiger partial charge on any atom is -0.359 e. The topological polar surface area (TPSA) is 44.9 Å². The van der Waals surface area contributed by atoms with Crippen LogP contribution in [0.4, 0.5) is 10.1 Å². The van der Waals surface area contributed by atoms with E-state index >= 15 is 0 Å². The Morgan fingerprint density at radius 1 is 1.18 bits per heavy atom. The van der Waals surface area contributed by atoms with E-state index in [1.54, 1.807) is 23.7 Å². The predicted octanol–water partition coefficient (Wildman–Crippen LogP) is 6.33. The maximum Gasteiger partial charge on any atom is 0.140 e. The molecule has 0 fully saturated rings. The van der Waals surface area contributed by atoms with Gasteiger partial charge in [-0.3, -0.25) is 0 Å². The second-order valence-corrected chi connectivity index (χ2v) is 9.21. The number of para-hydroxylation sites is 1. The summed E-state index contributed by atoms with van der Waals surface area (Å²) in [6.45, 7) is 4.37. The lowest BCUT2D eigenvalue weighted by Crippen LogP contribution is -2.24. The van der Waals surface area contributed by atoms with Crippen molar-refractivity contribution in [3.63, 3.8) is 0 Å². The highest BCUT2D eigenvalue weighted by Crippen LogP contribution is 2.47. The van der Waals surface area contributed by atoms with Crippen molar-refractivity contribution in [3.8, 4) is 0 Å². The first-order valence-electron chi connectivity index (χ1n) is 9.39. The van der Waals surface area contributed by atoms with Crippen molar-refractivity contribution >= 4 is 49.0 Å². The highest BCUT2D eigenvalue weighted by atomic mass is 32.2. The van der Waals surface area contributed by atoms with Crippen molar-refractivity contribution in [1.29, 1.82) is 0 Å². The van der Waals surface area contributed by atoms with Gasteiger partial charge in [-0.25, -0.2) is 8.60 Å². The molecule has 0 aliphatic carbocycles. The fourth-order valence-corrected chi connectivity index (χ4v) is 6.06. The SMILES string of the molecule is CCC(CC)(c1cc2cccc(F)c2s1)c1c[nH]c2c(NS(C)=O)cccc12. The van der Waals surface area contributed by atoms with Gasteiger partial charge < -0.3 is 9.71 Å². The normalized spacial score (nSPS) is 13.3. The Morgan fingerprint density at radius 3 is 2.61 bits per heavy atom. The van der Waals surface area contributed by atoms with Crippen LogP contribution < -0.4 is 4.72 Å². The zero-order valence-electron chi connectivity index (χ0n) is 16.1. The molecule has 28 heavy (non-hydrogen) atoms. The summed E-state index contributed by atoms with van der Waals surface area (Å²) < 4.78 is 29.7. The van der Waals surface area contributed by atoms with Gasteiger partial charge in [-0.2, -0.15) is 0 Å². The number of benzene rings is 2. The summed E-state index contributed by atoms with van der Waals surface area (Å²) in [5, 5.41) is 2.06. The lowest BCUT2D eigenvalue weighted by Gasteiger charge is -2.31. The molecular weight excluding hydrogens is 391 g/mol. The van der Waals surface area contributed by atoms with Crippen molar-refractivity contribution in [2.45, 2.75) is 32.1 Å². The van der Waals surface area contributed by atoms with Crippen LogP contribution in [0.1, 0.15) is 37.1 Å². The molecule has 1 unspecified atom stereocenters. The maximum atomic E-state index is 14.3. The molecule has 6 heteroatoms. The van der Waals surface area contributed by atoms with Crippen molar-refractivity contribution in [2.24, 2.45) is 0 Å². The molecular formula is C22H23FN2OS2. The van der Waals surface area contributed by atoms with Gasteiger partial charge in [0.05, 0.1) is 15.9 Å². The number of thiophene rings is 1. The van der Waals surface area contributed by atoms with Crippen LogP contribution in [-0.2, 0) is 16.4 Å². The number of hydrogen-bond donors (Lipinski definition) is 2. The average molecular weight is 415 g/mol. The van der Waals surface area contributed by atoms with Crippen LogP contribution in [0, 0.1) is 5.82 Å². The monoisotopic (exact) mass is 414 g/mol. The van der Waals surface area contributed by atoms with Gasteiger partial charge in [0.2, 0.25) is 0 Å². The molecule has 1 atom stereocenters. The Hall–Kier alpha value is -2.18. The summed E-state index contributed by atoms with van der Waals surface area (Å²) in [5.41, 5.74) is 2.77. The fourth-order valence-electron chi connectivity index (χ4n) is 4.17. The summed E-state index contributed by atoms with van der Waals surface area (Å²) in [6.07, 6.45) is 5.49. The lowest BCUT2D eigenvalue weighted by molar-refractivity contribution is 0.492. The van der Waals surface area contributed by atoms with Gasteiger partial charge in [0.25, 0.3) is 0 Å². The molecule has 0 amide bonds. The van der Waals surface area contributed by atoms with Gasteiger partial charge in [0.1, 0.15) is 16.8 Å². The summed E-state index contributed by atoms with van der Waals surface area (Å²) in [5.74, 6) is -0.161. The van der Waals surface area contributed by atoms with Crippen LogP contribution in [0.3, 0.4) is 0 Å². The van der Waals surface area contributed by atoms with Crippen LogP contribution in [-0.4, -0.2) is 15.4 Å². The molecule has 0 aliphatic rings. The molecule has 0 saturated carbocycles. The Balaban J connectivity index is 1.94. The second-order valence-electron chi connectivity index (χ2n) is 7.04. The van der Waals surface area contributed by atoms with Crippen LogP contribution in [0.15, 0.2) is 48.7 Å². The van der Waals surface area contributed by atoms with Crippen LogP contribution in [0.5, 0.6) is 0 Å². The molecule has 2 heterocycles. The number of nitrogens with one attached hydrogen (secondary N) is 2. The molecule has 0 radical (unpaired) electrons. The first kappa shape index (κ1) is 19.2. The molecule has 0 saturated heterocycles. The number of aromatic amines is 1. The Kier molecular flexibility index (Phi) is 5.02. The third-order valence-electron chi connectivity index (χ3n) is 5.66. The van der Waals surface area contributed by atoms with Crippen LogP contribution in [0.2, 0.25) is 0 Å². The van der Waals surface area contributed by atoms with E-state index in [-0.39, 0.29) is 11.2 Å². The molecule has 2 aromatic carbocycles. The smallest absolute Gasteiger partial charge is 0.140 e. The third kappa shape index (κ3) is 2.95. The van der Waals surface area contributed by atoms with E-state index in [9.17, 15) is 8.60 Å². The van der Waals surface area contributed by atoms with Crippen molar-refractivity contribution in [1.82, 2.24) is 4.98 Å². The van der Waals surface area contributed by atoms with Crippen molar-refractivity contribution < 1.29 is 8.60 Å². The van der Waals surface area contributed by atoms with Gasteiger partial charge in [0, 0.05) is 28.1 Å². The molecule has 2 aromatic heterocycles. The zero-order chi connectivity index (χ0) is 19.9. The number of fused-ring (bicyclic) bond motifs is 2. The van der Waals surface area contributed by atoms with Crippen molar-refractivity contribution in [3.05, 3.63) is 64.9 Å². The number of anilines is 1. The van der Waals surface area contributed by atoms with Crippen molar-refractivity contribution in [2.75, 3.05) is 11.0 Å². The second kappa shape index (κ2) is 7.33. The van der Waals surface area contributed by atoms with Gasteiger partial charge in [-0.1, -0.05) is 38.1 Å². The first-order chi connectivity index (χ1) is 13.5. The summed E-state index contributed by atoms with van der Waals surface area (Å²) in [7, 11) is -1.15. The van der Waals surface area contributed by atoms with E-state index in [0.717, 1.165) is 34.8 Å². The highest BCUT2D eigenvalue weighted by molar-refractivity contribution is 7.85. The fraction of sp³-hybridized carbons (Fsp3) is 0.273. The molecule has 4 aromatic rings. The van der Waals surface area contributed by atoms with Gasteiger partial charge >= 0.3 is 0 Å². The first-order valence-corrected chi connectivity index (χ1v) is 11.8. The number of aromatic nitrogens is 1. The van der Waals surface area contributed by atoms with E-state index in [0.29, 0.717) is 4.70 Å². The predicted molar refractivity (Wildman–Crippen MR) is 119 cm³/mol. The van der Waals surface area contributed by atoms with Gasteiger partial charge in [0.15, 0.2) is 0 Å².